The fraction of sp³-hybridized carbons (Fsp3) is 0.158. The monoisotopic (exact) mass is 407 g/mol. The highest BCUT2D eigenvalue weighted by Gasteiger charge is 2.34. The number of anilines is 2. The van der Waals surface area contributed by atoms with Crippen molar-refractivity contribution in [1.29, 1.82) is 0 Å². The van der Waals surface area contributed by atoms with E-state index >= 15 is 0 Å². The molecule has 152 valence electrons. The summed E-state index contributed by atoms with van der Waals surface area (Å²) in [6.45, 7) is 1.74. The summed E-state index contributed by atoms with van der Waals surface area (Å²) in [5, 5.41) is 28.5. The number of allylic oxidation sites excluding steroid dienone is 1. The van der Waals surface area contributed by atoms with Crippen LogP contribution in [0.15, 0.2) is 59.8 Å². The molecule has 1 aromatic heterocycles. The largest absolute Gasteiger partial charge is 0.495 e. The van der Waals surface area contributed by atoms with Crippen molar-refractivity contribution in [1.82, 2.24) is 20.2 Å². The molecule has 2 aromatic carbocycles. The molecule has 1 aliphatic heterocycles. The fourth-order valence-electron chi connectivity index (χ4n) is 3.33. The molecule has 0 saturated heterocycles. The van der Waals surface area contributed by atoms with Gasteiger partial charge < -0.3 is 15.4 Å². The number of nitrogens with zero attached hydrogens (tertiary/aromatic N) is 5. The van der Waals surface area contributed by atoms with E-state index in [9.17, 15) is 14.9 Å². The van der Waals surface area contributed by atoms with Gasteiger partial charge in [-0.25, -0.2) is 0 Å². The van der Waals surface area contributed by atoms with Gasteiger partial charge in [-0.1, -0.05) is 17.2 Å². The van der Waals surface area contributed by atoms with Crippen LogP contribution in [0.2, 0.25) is 0 Å². The summed E-state index contributed by atoms with van der Waals surface area (Å²) in [4.78, 5) is 23.8. The van der Waals surface area contributed by atoms with E-state index in [-0.39, 0.29) is 11.6 Å². The number of nitro groups is 1. The Hall–Kier alpha value is -4.28. The van der Waals surface area contributed by atoms with E-state index in [2.05, 4.69) is 26.2 Å². The summed E-state index contributed by atoms with van der Waals surface area (Å²) in [6, 6.07) is 12.3. The number of fused-ring (bicyclic) bond motifs is 1. The van der Waals surface area contributed by atoms with Gasteiger partial charge in [-0.05, 0) is 47.2 Å². The quantitative estimate of drug-likeness (QED) is 0.486. The van der Waals surface area contributed by atoms with Gasteiger partial charge in [-0.3, -0.25) is 14.9 Å². The molecule has 0 unspecified atom stereocenters. The smallest absolute Gasteiger partial charge is 0.269 e. The van der Waals surface area contributed by atoms with E-state index in [1.807, 2.05) is 0 Å². The summed E-state index contributed by atoms with van der Waals surface area (Å²) in [5.74, 6) is 0.501. The summed E-state index contributed by atoms with van der Waals surface area (Å²) in [5.41, 5.74) is 2.02. The number of ether oxygens (including phenoxy) is 1. The van der Waals surface area contributed by atoms with Crippen molar-refractivity contribution in [3.8, 4) is 5.75 Å². The maximum atomic E-state index is 13.3. The number of hydrogen-bond donors (Lipinski definition) is 2. The molecule has 0 radical (unpaired) electrons. The molecule has 0 fully saturated rings. The molecule has 30 heavy (non-hydrogen) atoms. The van der Waals surface area contributed by atoms with Crippen LogP contribution in [0.5, 0.6) is 5.75 Å². The molecule has 1 atom stereocenters. The molecule has 11 nitrogen and oxygen atoms in total. The zero-order valence-electron chi connectivity index (χ0n) is 16.1. The highest BCUT2D eigenvalue weighted by Crippen LogP contribution is 2.36. The lowest BCUT2D eigenvalue weighted by atomic mass is 9.95. The number of carbonyl (C=O) groups is 1. The molecular formula is C19H17N7O4. The van der Waals surface area contributed by atoms with E-state index in [1.165, 1.54) is 23.9 Å². The number of rotatable bonds is 5. The number of amides is 1. The van der Waals surface area contributed by atoms with Crippen molar-refractivity contribution in [2.45, 2.75) is 13.0 Å². The molecule has 2 N–H and O–H groups in total. The molecule has 0 bridgehead atoms. The lowest BCUT2D eigenvalue weighted by Crippen LogP contribution is -2.31. The first-order valence-electron chi connectivity index (χ1n) is 8.94. The van der Waals surface area contributed by atoms with Crippen LogP contribution < -0.4 is 15.4 Å². The van der Waals surface area contributed by atoms with E-state index in [0.29, 0.717) is 34.2 Å². The summed E-state index contributed by atoms with van der Waals surface area (Å²) in [7, 11) is 1.52. The summed E-state index contributed by atoms with van der Waals surface area (Å²) < 4.78 is 6.77. The van der Waals surface area contributed by atoms with Crippen LogP contribution in [0.1, 0.15) is 18.5 Å². The average molecular weight is 407 g/mol. The first-order valence-corrected chi connectivity index (χ1v) is 8.94. The zero-order chi connectivity index (χ0) is 21.3. The van der Waals surface area contributed by atoms with Gasteiger partial charge in [0.15, 0.2) is 0 Å². The van der Waals surface area contributed by atoms with Gasteiger partial charge in [0.05, 0.1) is 23.3 Å². The van der Waals surface area contributed by atoms with Gasteiger partial charge in [-0.2, -0.15) is 4.68 Å². The summed E-state index contributed by atoms with van der Waals surface area (Å²) >= 11 is 0. The number of para-hydroxylation sites is 2. The molecule has 0 aliphatic carbocycles. The van der Waals surface area contributed by atoms with Crippen LogP contribution in [-0.2, 0) is 4.79 Å². The Morgan fingerprint density at radius 3 is 2.67 bits per heavy atom. The molecule has 1 aliphatic rings. The number of tetrazole rings is 1. The number of carbonyl (C=O) groups excluding carboxylic acids is 1. The van der Waals surface area contributed by atoms with Crippen LogP contribution >= 0.6 is 0 Å². The molecule has 3 aromatic rings. The topological polar surface area (TPSA) is 137 Å². The van der Waals surface area contributed by atoms with Crippen LogP contribution in [0, 0.1) is 10.1 Å². The number of benzene rings is 2. The maximum Gasteiger partial charge on any atom is 0.269 e. The highest BCUT2D eigenvalue weighted by molar-refractivity contribution is 6.06. The van der Waals surface area contributed by atoms with Crippen molar-refractivity contribution in [2.24, 2.45) is 0 Å². The van der Waals surface area contributed by atoms with Crippen LogP contribution in [0.4, 0.5) is 17.3 Å². The van der Waals surface area contributed by atoms with Crippen LogP contribution in [0.25, 0.3) is 0 Å². The van der Waals surface area contributed by atoms with Crippen molar-refractivity contribution in [3.05, 3.63) is 75.5 Å². The minimum atomic E-state index is -0.674. The average Bonchev–Trinajstić information content (AvgIpc) is 3.21. The first kappa shape index (κ1) is 19.1. The number of non-ortho nitro benzene ring substituents is 1. The van der Waals surface area contributed by atoms with E-state index < -0.39 is 11.0 Å². The van der Waals surface area contributed by atoms with Gasteiger partial charge in [0, 0.05) is 17.8 Å². The molecular weight excluding hydrogens is 390 g/mol. The maximum absolute atomic E-state index is 13.3. The van der Waals surface area contributed by atoms with Gasteiger partial charge in [0.2, 0.25) is 5.95 Å². The van der Waals surface area contributed by atoms with Gasteiger partial charge in [0.25, 0.3) is 11.6 Å². The SMILES string of the molecule is COc1ccccc1NC(=O)C1=C(C)Nc2nnnn2[C@@H]1c1ccc([N+](=O)[O-])cc1. The Bertz CT molecular complexity index is 1150. The zero-order valence-corrected chi connectivity index (χ0v) is 16.1. The molecule has 0 spiro atoms. The molecule has 2 heterocycles. The van der Waals surface area contributed by atoms with E-state index in [0.717, 1.165) is 0 Å². The van der Waals surface area contributed by atoms with Crippen molar-refractivity contribution in [3.63, 3.8) is 0 Å². The minimum absolute atomic E-state index is 0.0506. The third-order valence-corrected chi connectivity index (χ3v) is 4.73. The van der Waals surface area contributed by atoms with Gasteiger partial charge >= 0.3 is 0 Å². The van der Waals surface area contributed by atoms with E-state index in [1.54, 1.807) is 43.3 Å². The third kappa shape index (κ3) is 3.32. The second kappa shape index (κ2) is 7.62. The predicted octanol–water partition coefficient (Wildman–Crippen LogP) is 2.52. The van der Waals surface area contributed by atoms with Crippen molar-refractivity contribution < 1.29 is 14.5 Å². The summed E-state index contributed by atoms with van der Waals surface area (Å²) in [6.07, 6.45) is 0. The van der Waals surface area contributed by atoms with Crippen molar-refractivity contribution in [2.75, 3.05) is 17.7 Å². The second-order valence-electron chi connectivity index (χ2n) is 6.52. The second-order valence-corrected chi connectivity index (χ2v) is 6.52. The Kier molecular flexibility index (Phi) is 4.84. The number of aromatic nitrogens is 4. The fourth-order valence-corrected chi connectivity index (χ4v) is 3.33. The normalized spacial score (nSPS) is 15.2. The highest BCUT2D eigenvalue weighted by atomic mass is 16.6. The van der Waals surface area contributed by atoms with Gasteiger partial charge in [-0.15, -0.1) is 0 Å². The Labute approximate surface area is 170 Å². The lowest BCUT2D eigenvalue weighted by molar-refractivity contribution is -0.384. The Morgan fingerprint density at radius 2 is 1.97 bits per heavy atom. The Morgan fingerprint density at radius 1 is 1.23 bits per heavy atom. The van der Waals surface area contributed by atoms with Crippen LogP contribution in [-0.4, -0.2) is 38.1 Å². The number of methoxy groups -OCH3 is 1. The molecule has 4 rings (SSSR count). The first-order chi connectivity index (χ1) is 14.5. The number of hydrogen-bond acceptors (Lipinski definition) is 8. The van der Waals surface area contributed by atoms with Crippen molar-refractivity contribution >= 4 is 23.2 Å². The Balaban J connectivity index is 1.75. The molecule has 0 saturated carbocycles. The molecule has 1 amide bonds. The minimum Gasteiger partial charge on any atom is -0.495 e. The van der Waals surface area contributed by atoms with E-state index in [4.69, 9.17) is 4.74 Å². The lowest BCUT2D eigenvalue weighted by Gasteiger charge is -2.28. The molecule has 11 heteroatoms. The number of nitro benzene ring substituents is 1. The standard InChI is InChI=1S/C19H17N7O4/c1-11-16(18(27)21-14-5-3-4-6-15(14)30-2)17(25-19(20-11)22-23-24-25)12-7-9-13(10-8-12)26(28)29/h3-10,17H,1-2H3,(H,21,27)(H,20,22,24)/t17-/m1/s1. The van der Waals surface area contributed by atoms with Gasteiger partial charge in [0.1, 0.15) is 11.8 Å². The van der Waals surface area contributed by atoms with Crippen LogP contribution in [0.3, 0.4) is 0 Å². The predicted molar refractivity (Wildman–Crippen MR) is 107 cm³/mol. The third-order valence-electron chi connectivity index (χ3n) is 4.73. The number of nitrogens with one attached hydrogen (secondary N) is 2.